The van der Waals surface area contributed by atoms with Crippen LogP contribution in [-0.4, -0.2) is 43.3 Å². The molecule has 4 heteroatoms. The third-order valence-corrected chi connectivity index (χ3v) is 4.84. The zero-order valence-electron chi connectivity index (χ0n) is 11.1. The normalized spacial score (nSPS) is 36.2. The number of hydrogen-bond acceptors (Lipinski definition) is 2. The molecule has 0 aromatic rings. The van der Waals surface area contributed by atoms with E-state index in [9.17, 15) is 4.79 Å². The molecule has 3 unspecified atom stereocenters. The first kappa shape index (κ1) is 12.3. The SMILES string of the molecule is O=C(NC1CCOC1)N1CCC2CCCCC2C1. The van der Waals surface area contributed by atoms with Crippen LogP contribution in [0.25, 0.3) is 0 Å². The molecule has 0 radical (unpaired) electrons. The molecule has 1 aliphatic carbocycles. The van der Waals surface area contributed by atoms with E-state index in [1.165, 1.54) is 32.1 Å². The largest absolute Gasteiger partial charge is 0.379 e. The summed E-state index contributed by atoms with van der Waals surface area (Å²) in [5.41, 5.74) is 0. The van der Waals surface area contributed by atoms with Crippen molar-refractivity contribution in [2.45, 2.75) is 44.6 Å². The highest BCUT2D eigenvalue weighted by molar-refractivity contribution is 5.74. The summed E-state index contributed by atoms with van der Waals surface area (Å²) in [6.45, 7) is 3.39. The van der Waals surface area contributed by atoms with Crippen molar-refractivity contribution in [3.63, 3.8) is 0 Å². The fourth-order valence-electron chi connectivity index (χ4n) is 3.70. The molecule has 0 aromatic carbocycles. The number of nitrogens with one attached hydrogen (secondary N) is 1. The van der Waals surface area contributed by atoms with Crippen molar-refractivity contribution >= 4 is 6.03 Å². The zero-order valence-corrected chi connectivity index (χ0v) is 11.1. The number of carbonyl (C=O) groups is 1. The lowest BCUT2D eigenvalue weighted by atomic mass is 9.75. The zero-order chi connectivity index (χ0) is 12.4. The van der Waals surface area contributed by atoms with E-state index in [0.29, 0.717) is 6.61 Å². The molecule has 1 saturated carbocycles. The standard InChI is InChI=1S/C14H24N2O2/c17-14(15-13-6-8-18-10-13)16-7-5-11-3-1-2-4-12(11)9-16/h11-13H,1-10H2,(H,15,17). The first-order valence-electron chi connectivity index (χ1n) is 7.46. The van der Waals surface area contributed by atoms with Gasteiger partial charge in [0.25, 0.3) is 0 Å². The number of nitrogens with zero attached hydrogens (tertiary/aromatic N) is 1. The molecule has 4 nitrogen and oxygen atoms in total. The van der Waals surface area contributed by atoms with Gasteiger partial charge in [0.15, 0.2) is 0 Å². The monoisotopic (exact) mass is 252 g/mol. The minimum absolute atomic E-state index is 0.134. The molecule has 2 amide bonds. The van der Waals surface area contributed by atoms with Crippen LogP contribution in [0.15, 0.2) is 0 Å². The van der Waals surface area contributed by atoms with Gasteiger partial charge in [-0.15, -0.1) is 0 Å². The number of urea groups is 1. The summed E-state index contributed by atoms with van der Waals surface area (Å²) in [5.74, 6) is 1.65. The van der Waals surface area contributed by atoms with Gasteiger partial charge < -0.3 is 15.0 Å². The van der Waals surface area contributed by atoms with E-state index in [1.807, 2.05) is 4.90 Å². The third kappa shape index (κ3) is 2.63. The summed E-state index contributed by atoms with van der Waals surface area (Å²) in [7, 11) is 0. The molecular weight excluding hydrogens is 228 g/mol. The molecule has 0 bridgehead atoms. The molecule has 102 valence electrons. The van der Waals surface area contributed by atoms with Crippen LogP contribution in [0.4, 0.5) is 4.79 Å². The number of likely N-dealkylation sites (tertiary alicyclic amines) is 1. The summed E-state index contributed by atoms with van der Waals surface area (Å²) < 4.78 is 5.30. The number of piperidine rings is 1. The lowest BCUT2D eigenvalue weighted by Gasteiger charge is -2.41. The van der Waals surface area contributed by atoms with E-state index in [4.69, 9.17) is 4.74 Å². The van der Waals surface area contributed by atoms with Crippen molar-refractivity contribution < 1.29 is 9.53 Å². The van der Waals surface area contributed by atoms with Gasteiger partial charge in [-0.05, 0) is 31.1 Å². The third-order valence-electron chi connectivity index (χ3n) is 4.84. The van der Waals surface area contributed by atoms with Crippen LogP contribution >= 0.6 is 0 Å². The Morgan fingerprint density at radius 1 is 1.11 bits per heavy atom. The van der Waals surface area contributed by atoms with Gasteiger partial charge in [-0.2, -0.15) is 0 Å². The highest BCUT2D eigenvalue weighted by Gasteiger charge is 2.33. The van der Waals surface area contributed by atoms with Gasteiger partial charge in [0.2, 0.25) is 0 Å². The summed E-state index contributed by atoms with van der Waals surface area (Å²) >= 11 is 0. The van der Waals surface area contributed by atoms with Gasteiger partial charge in [-0.1, -0.05) is 19.3 Å². The Morgan fingerprint density at radius 2 is 1.94 bits per heavy atom. The predicted molar refractivity (Wildman–Crippen MR) is 69.4 cm³/mol. The van der Waals surface area contributed by atoms with Gasteiger partial charge in [0.05, 0.1) is 12.6 Å². The maximum Gasteiger partial charge on any atom is 0.317 e. The van der Waals surface area contributed by atoms with E-state index < -0.39 is 0 Å². The quantitative estimate of drug-likeness (QED) is 0.775. The van der Waals surface area contributed by atoms with Gasteiger partial charge in [0, 0.05) is 19.7 Å². The number of carbonyl (C=O) groups excluding carboxylic acids is 1. The minimum atomic E-state index is 0.134. The van der Waals surface area contributed by atoms with Gasteiger partial charge in [-0.25, -0.2) is 4.79 Å². The summed E-state index contributed by atoms with van der Waals surface area (Å²) in [6, 6.07) is 0.371. The Kier molecular flexibility index (Phi) is 3.73. The lowest BCUT2D eigenvalue weighted by Crippen LogP contribution is -2.51. The van der Waals surface area contributed by atoms with E-state index in [-0.39, 0.29) is 12.1 Å². The second-order valence-corrected chi connectivity index (χ2v) is 6.05. The van der Waals surface area contributed by atoms with Crippen molar-refractivity contribution in [2.24, 2.45) is 11.8 Å². The van der Waals surface area contributed by atoms with Crippen LogP contribution in [0.2, 0.25) is 0 Å². The van der Waals surface area contributed by atoms with Crippen molar-refractivity contribution in [2.75, 3.05) is 26.3 Å². The molecule has 1 N–H and O–H groups in total. The van der Waals surface area contributed by atoms with Crippen LogP contribution in [-0.2, 0) is 4.74 Å². The highest BCUT2D eigenvalue weighted by Crippen LogP contribution is 2.35. The Balaban J connectivity index is 1.51. The van der Waals surface area contributed by atoms with Crippen molar-refractivity contribution in [1.82, 2.24) is 10.2 Å². The van der Waals surface area contributed by atoms with Crippen molar-refractivity contribution in [3.05, 3.63) is 0 Å². The Morgan fingerprint density at radius 3 is 2.72 bits per heavy atom. The summed E-state index contributed by atoms with van der Waals surface area (Å²) in [5, 5.41) is 3.11. The fraction of sp³-hybridized carbons (Fsp3) is 0.929. The van der Waals surface area contributed by atoms with Crippen molar-refractivity contribution in [3.8, 4) is 0 Å². The molecule has 2 aliphatic heterocycles. The van der Waals surface area contributed by atoms with E-state index in [0.717, 1.165) is 38.0 Å². The Hall–Kier alpha value is -0.770. The smallest absolute Gasteiger partial charge is 0.317 e. The molecule has 3 fully saturated rings. The predicted octanol–water partition coefficient (Wildman–Crippen LogP) is 2.00. The van der Waals surface area contributed by atoms with Gasteiger partial charge in [0.1, 0.15) is 0 Å². The second kappa shape index (κ2) is 5.47. The van der Waals surface area contributed by atoms with Crippen molar-refractivity contribution in [1.29, 1.82) is 0 Å². The average Bonchev–Trinajstić information content (AvgIpc) is 2.91. The fourth-order valence-corrected chi connectivity index (χ4v) is 3.70. The van der Waals surface area contributed by atoms with Gasteiger partial charge >= 0.3 is 6.03 Å². The molecule has 2 saturated heterocycles. The molecule has 0 aromatic heterocycles. The topological polar surface area (TPSA) is 41.6 Å². The molecule has 18 heavy (non-hydrogen) atoms. The number of hydrogen-bond donors (Lipinski definition) is 1. The highest BCUT2D eigenvalue weighted by atomic mass is 16.5. The van der Waals surface area contributed by atoms with E-state index in [2.05, 4.69) is 5.32 Å². The molecule has 0 spiro atoms. The van der Waals surface area contributed by atoms with Crippen LogP contribution in [0, 0.1) is 11.8 Å². The molecule has 2 heterocycles. The first-order chi connectivity index (χ1) is 8.83. The Labute approximate surface area is 109 Å². The van der Waals surface area contributed by atoms with Crippen LogP contribution in [0.5, 0.6) is 0 Å². The summed E-state index contributed by atoms with van der Waals surface area (Å²) in [4.78, 5) is 14.2. The maximum atomic E-state index is 12.2. The summed E-state index contributed by atoms with van der Waals surface area (Å²) in [6.07, 6.45) is 7.63. The number of fused-ring (bicyclic) bond motifs is 1. The second-order valence-electron chi connectivity index (χ2n) is 6.05. The van der Waals surface area contributed by atoms with Gasteiger partial charge in [-0.3, -0.25) is 0 Å². The first-order valence-corrected chi connectivity index (χ1v) is 7.46. The molecular formula is C14H24N2O2. The molecule has 3 aliphatic rings. The Bertz CT molecular complexity index is 302. The number of amides is 2. The van der Waals surface area contributed by atoms with Crippen LogP contribution in [0.3, 0.4) is 0 Å². The average molecular weight is 252 g/mol. The van der Waals surface area contributed by atoms with Crippen LogP contribution in [0.1, 0.15) is 38.5 Å². The lowest BCUT2D eigenvalue weighted by molar-refractivity contribution is 0.0999. The molecule has 3 atom stereocenters. The van der Waals surface area contributed by atoms with Crippen LogP contribution < -0.4 is 5.32 Å². The number of ether oxygens (including phenoxy) is 1. The van der Waals surface area contributed by atoms with E-state index in [1.54, 1.807) is 0 Å². The maximum absolute atomic E-state index is 12.2. The molecule has 3 rings (SSSR count). The number of rotatable bonds is 1. The minimum Gasteiger partial charge on any atom is -0.379 e. The van der Waals surface area contributed by atoms with E-state index >= 15 is 0 Å².